The average Bonchev–Trinajstić information content (AvgIpc) is 2.65. The van der Waals surface area contributed by atoms with Crippen molar-refractivity contribution in [3.63, 3.8) is 0 Å². The van der Waals surface area contributed by atoms with Gasteiger partial charge in [-0.2, -0.15) is 0 Å². The summed E-state index contributed by atoms with van der Waals surface area (Å²) < 4.78 is 27.1. The summed E-state index contributed by atoms with van der Waals surface area (Å²) in [5.41, 5.74) is 1.52. The van der Waals surface area contributed by atoms with E-state index in [-0.39, 0.29) is 11.9 Å². The third-order valence-corrected chi connectivity index (χ3v) is 4.24. The number of nitrogens with one attached hydrogen (secondary N) is 1. The van der Waals surface area contributed by atoms with Gasteiger partial charge in [-0.05, 0) is 50.7 Å². The van der Waals surface area contributed by atoms with Gasteiger partial charge in [0.1, 0.15) is 11.6 Å². The van der Waals surface area contributed by atoms with Gasteiger partial charge in [-0.1, -0.05) is 0 Å². The first-order valence-electron chi connectivity index (χ1n) is 5.72. The number of halogens is 2. The smallest absolute Gasteiger partial charge is 0.128 e. The minimum Gasteiger partial charge on any atom is -0.309 e. The highest BCUT2D eigenvalue weighted by Gasteiger charge is 2.19. The summed E-state index contributed by atoms with van der Waals surface area (Å²) >= 11 is 1.60. The molecule has 1 nitrogen and oxygen atoms in total. The molecule has 18 heavy (non-hydrogen) atoms. The molecule has 96 valence electrons. The van der Waals surface area contributed by atoms with Crippen molar-refractivity contribution in [1.82, 2.24) is 5.32 Å². The van der Waals surface area contributed by atoms with Gasteiger partial charge < -0.3 is 5.32 Å². The Bertz CT molecular complexity index is 543. The number of hydrogen-bond donors (Lipinski definition) is 1. The maximum absolute atomic E-state index is 13.8. The summed E-state index contributed by atoms with van der Waals surface area (Å²) in [6.07, 6.45) is 0. The Balaban J connectivity index is 2.48. The molecule has 0 saturated heterocycles. The van der Waals surface area contributed by atoms with Crippen molar-refractivity contribution >= 4 is 11.3 Å². The Hall–Kier alpha value is -1.26. The van der Waals surface area contributed by atoms with Gasteiger partial charge >= 0.3 is 0 Å². The molecule has 0 aliphatic carbocycles. The van der Waals surface area contributed by atoms with E-state index in [0.717, 1.165) is 10.9 Å². The van der Waals surface area contributed by atoms with Gasteiger partial charge in [-0.3, -0.25) is 0 Å². The first-order valence-corrected chi connectivity index (χ1v) is 6.53. The van der Waals surface area contributed by atoms with Crippen LogP contribution >= 0.6 is 11.3 Å². The van der Waals surface area contributed by atoms with Crippen molar-refractivity contribution < 1.29 is 8.78 Å². The van der Waals surface area contributed by atoms with Crippen LogP contribution in [0, 0.1) is 25.5 Å². The highest BCUT2D eigenvalue weighted by Crippen LogP contribution is 2.31. The van der Waals surface area contributed by atoms with Crippen molar-refractivity contribution in [2.75, 3.05) is 7.05 Å². The number of benzene rings is 1. The molecule has 2 aromatic rings. The van der Waals surface area contributed by atoms with Crippen LogP contribution < -0.4 is 5.32 Å². The molecule has 0 bridgehead atoms. The van der Waals surface area contributed by atoms with Crippen LogP contribution in [0.15, 0.2) is 24.3 Å². The molecular formula is C14H15F2NS. The van der Waals surface area contributed by atoms with E-state index in [4.69, 9.17) is 0 Å². The van der Waals surface area contributed by atoms with Crippen molar-refractivity contribution in [3.05, 3.63) is 56.8 Å². The molecule has 1 unspecified atom stereocenters. The second-order valence-corrected chi connectivity index (χ2v) is 5.56. The zero-order valence-electron chi connectivity index (χ0n) is 10.6. The van der Waals surface area contributed by atoms with Crippen molar-refractivity contribution in [3.8, 4) is 0 Å². The van der Waals surface area contributed by atoms with E-state index in [0.29, 0.717) is 5.56 Å². The highest BCUT2D eigenvalue weighted by molar-refractivity contribution is 7.12. The largest absolute Gasteiger partial charge is 0.309 e. The lowest BCUT2D eigenvalue weighted by molar-refractivity contribution is 0.560. The minimum atomic E-state index is -0.420. The summed E-state index contributed by atoms with van der Waals surface area (Å²) in [7, 11) is 1.75. The molecule has 0 saturated carbocycles. The van der Waals surface area contributed by atoms with Crippen molar-refractivity contribution in [2.24, 2.45) is 0 Å². The van der Waals surface area contributed by atoms with Gasteiger partial charge in [0.15, 0.2) is 0 Å². The van der Waals surface area contributed by atoms with Gasteiger partial charge in [0.05, 0.1) is 6.04 Å². The molecule has 0 radical (unpaired) electrons. The van der Waals surface area contributed by atoms with Crippen LogP contribution in [0.25, 0.3) is 0 Å². The van der Waals surface area contributed by atoms with Gasteiger partial charge in [0, 0.05) is 15.3 Å². The van der Waals surface area contributed by atoms with E-state index in [1.54, 1.807) is 18.4 Å². The molecule has 1 aromatic heterocycles. The minimum absolute atomic E-state index is 0.307. The zero-order chi connectivity index (χ0) is 13.3. The summed E-state index contributed by atoms with van der Waals surface area (Å²) in [5, 5.41) is 3.05. The summed E-state index contributed by atoms with van der Waals surface area (Å²) in [6, 6.07) is 5.27. The van der Waals surface area contributed by atoms with Gasteiger partial charge in [-0.15, -0.1) is 11.3 Å². The van der Waals surface area contributed by atoms with E-state index in [1.807, 2.05) is 19.9 Å². The molecule has 4 heteroatoms. The molecule has 2 rings (SSSR count). The predicted octanol–water partition coefficient (Wildman–Crippen LogP) is 3.95. The fourth-order valence-corrected chi connectivity index (χ4v) is 3.10. The molecule has 1 heterocycles. The maximum atomic E-state index is 13.8. The van der Waals surface area contributed by atoms with E-state index in [9.17, 15) is 8.78 Å². The molecule has 0 spiro atoms. The Morgan fingerprint density at radius 1 is 1.17 bits per heavy atom. The fraction of sp³-hybridized carbons (Fsp3) is 0.286. The molecule has 0 aliphatic rings. The third kappa shape index (κ3) is 2.44. The monoisotopic (exact) mass is 267 g/mol. The second kappa shape index (κ2) is 5.16. The van der Waals surface area contributed by atoms with Crippen molar-refractivity contribution in [1.29, 1.82) is 0 Å². The van der Waals surface area contributed by atoms with Crippen molar-refractivity contribution in [2.45, 2.75) is 19.9 Å². The van der Waals surface area contributed by atoms with E-state index in [2.05, 4.69) is 5.32 Å². The number of hydrogen-bond acceptors (Lipinski definition) is 2. The second-order valence-electron chi connectivity index (χ2n) is 4.28. The zero-order valence-corrected chi connectivity index (χ0v) is 11.4. The molecule has 1 aromatic carbocycles. The quantitative estimate of drug-likeness (QED) is 0.887. The number of aryl methyl sites for hydroxylation is 2. The summed E-state index contributed by atoms with van der Waals surface area (Å²) in [6.45, 7) is 4.04. The van der Waals surface area contributed by atoms with Crippen LogP contribution in [0.1, 0.15) is 26.9 Å². The summed E-state index contributed by atoms with van der Waals surface area (Å²) in [5.74, 6) is -0.809. The third-order valence-electron chi connectivity index (χ3n) is 3.03. The van der Waals surface area contributed by atoms with Crippen LogP contribution in [-0.2, 0) is 0 Å². The predicted molar refractivity (Wildman–Crippen MR) is 71.1 cm³/mol. The topological polar surface area (TPSA) is 12.0 Å². The van der Waals surface area contributed by atoms with Gasteiger partial charge in [0.2, 0.25) is 0 Å². The summed E-state index contributed by atoms with van der Waals surface area (Å²) in [4.78, 5) is 2.19. The molecular weight excluding hydrogens is 252 g/mol. The van der Waals surface area contributed by atoms with Gasteiger partial charge in [-0.25, -0.2) is 8.78 Å². The SMILES string of the molecule is CNC(c1cc(C)c(C)s1)c1cc(F)ccc1F. The Labute approximate surface area is 109 Å². The number of rotatable bonds is 3. The first kappa shape index (κ1) is 13.2. The number of thiophene rings is 1. The lowest BCUT2D eigenvalue weighted by atomic mass is 10.0. The maximum Gasteiger partial charge on any atom is 0.128 e. The van der Waals surface area contributed by atoms with Crippen LogP contribution in [-0.4, -0.2) is 7.05 Å². The molecule has 0 fully saturated rings. The fourth-order valence-electron chi connectivity index (χ4n) is 1.93. The highest BCUT2D eigenvalue weighted by atomic mass is 32.1. The van der Waals surface area contributed by atoms with Crippen LogP contribution in [0.4, 0.5) is 8.78 Å². The Morgan fingerprint density at radius 3 is 2.44 bits per heavy atom. The van der Waals surface area contributed by atoms with E-state index >= 15 is 0 Å². The normalized spacial score (nSPS) is 12.7. The van der Waals surface area contributed by atoms with Gasteiger partial charge in [0.25, 0.3) is 0 Å². The lowest BCUT2D eigenvalue weighted by Gasteiger charge is -2.15. The van der Waals surface area contributed by atoms with E-state index < -0.39 is 5.82 Å². The van der Waals surface area contributed by atoms with E-state index in [1.165, 1.54) is 22.6 Å². The van der Waals surface area contributed by atoms with Crippen LogP contribution in [0.5, 0.6) is 0 Å². The first-order chi connectivity index (χ1) is 8.52. The molecule has 0 aliphatic heterocycles. The Morgan fingerprint density at radius 2 is 1.89 bits per heavy atom. The standard InChI is InChI=1S/C14H15F2NS/c1-8-6-13(18-9(8)2)14(17-3)11-7-10(15)4-5-12(11)16/h4-7,14,17H,1-3H3. The lowest BCUT2D eigenvalue weighted by Crippen LogP contribution is -2.18. The molecule has 1 atom stereocenters. The van der Waals surface area contributed by atoms with Crippen LogP contribution in [0.2, 0.25) is 0 Å². The molecule has 0 amide bonds. The molecule has 1 N–H and O–H groups in total. The average molecular weight is 267 g/mol. The van der Waals surface area contributed by atoms with Crippen LogP contribution in [0.3, 0.4) is 0 Å². The Kier molecular flexibility index (Phi) is 3.78.